The number of hydrogen-bond acceptors (Lipinski definition) is 2. The van der Waals surface area contributed by atoms with Gasteiger partial charge < -0.3 is 15.3 Å². The van der Waals surface area contributed by atoms with Crippen LogP contribution in [0.4, 0.5) is 10.1 Å². The zero-order valence-corrected chi connectivity index (χ0v) is 13.6. The molecule has 3 aromatic rings. The minimum absolute atomic E-state index is 0.210. The summed E-state index contributed by atoms with van der Waals surface area (Å²) in [6.07, 6.45) is 0. The van der Waals surface area contributed by atoms with Gasteiger partial charge in [0.1, 0.15) is 5.82 Å². The lowest BCUT2D eigenvalue weighted by atomic mass is 10.0. The number of aromatic amines is 2. The quantitative estimate of drug-likeness (QED) is 0.608. The molecule has 1 aromatic heterocycles. The van der Waals surface area contributed by atoms with Crippen molar-refractivity contribution in [3.8, 4) is 0 Å². The van der Waals surface area contributed by atoms with E-state index in [9.17, 15) is 9.18 Å². The van der Waals surface area contributed by atoms with E-state index in [1.165, 1.54) is 12.1 Å². The van der Waals surface area contributed by atoms with Crippen LogP contribution in [0.5, 0.6) is 0 Å². The summed E-state index contributed by atoms with van der Waals surface area (Å²) >= 11 is 5.01. The highest BCUT2D eigenvalue weighted by Gasteiger charge is 2.14. The molecule has 0 saturated carbocycles. The molecule has 23 heavy (non-hydrogen) atoms. The van der Waals surface area contributed by atoms with Crippen molar-refractivity contribution in [2.24, 2.45) is 0 Å². The molecular weight excluding hydrogens is 313 g/mol. The number of amides is 1. The first kappa shape index (κ1) is 15.4. The average molecular weight is 329 g/mol. The van der Waals surface area contributed by atoms with Crippen molar-refractivity contribution >= 4 is 34.8 Å². The molecule has 3 rings (SSSR count). The summed E-state index contributed by atoms with van der Waals surface area (Å²) in [5, 5.41) is 2.81. The summed E-state index contributed by atoms with van der Waals surface area (Å²) in [6.45, 7) is 4.16. The summed E-state index contributed by atoms with van der Waals surface area (Å²) in [5.74, 6) is -0.530. The fraction of sp³-hybridized carbons (Fsp3) is 0.176. The molecule has 0 atom stereocenters. The van der Waals surface area contributed by atoms with Crippen molar-refractivity contribution < 1.29 is 9.18 Å². The predicted octanol–water partition coefficient (Wildman–Crippen LogP) is 4.74. The molecule has 2 aromatic carbocycles. The van der Waals surface area contributed by atoms with E-state index >= 15 is 0 Å². The second kappa shape index (κ2) is 5.96. The number of carbonyl (C=O) groups excluding carboxylic acids is 1. The van der Waals surface area contributed by atoms with Crippen LogP contribution in [0.3, 0.4) is 0 Å². The van der Waals surface area contributed by atoms with E-state index in [0.717, 1.165) is 5.56 Å². The van der Waals surface area contributed by atoms with Gasteiger partial charge in [0.2, 0.25) is 0 Å². The summed E-state index contributed by atoms with van der Waals surface area (Å²) in [4.78, 5) is 18.2. The monoisotopic (exact) mass is 329 g/mol. The maximum atomic E-state index is 13.7. The Morgan fingerprint density at radius 3 is 2.74 bits per heavy atom. The smallest absolute Gasteiger partial charge is 0.257 e. The van der Waals surface area contributed by atoms with Crippen molar-refractivity contribution in [2.75, 3.05) is 5.32 Å². The molecule has 6 heteroatoms. The van der Waals surface area contributed by atoms with Gasteiger partial charge in [0.05, 0.1) is 16.6 Å². The molecule has 0 spiro atoms. The van der Waals surface area contributed by atoms with Crippen molar-refractivity contribution in [1.29, 1.82) is 0 Å². The van der Waals surface area contributed by atoms with Crippen molar-refractivity contribution in [3.63, 3.8) is 0 Å². The van der Waals surface area contributed by atoms with Crippen LogP contribution in [0, 0.1) is 10.6 Å². The van der Waals surface area contributed by atoms with Gasteiger partial charge in [-0.3, -0.25) is 4.79 Å². The predicted molar refractivity (Wildman–Crippen MR) is 91.9 cm³/mol. The fourth-order valence-electron chi connectivity index (χ4n) is 2.46. The highest BCUT2D eigenvalue weighted by Crippen LogP contribution is 2.22. The van der Waals surface area contributed by atoms with Crippen LogP contribution < -0.4 is 5.32 Å². The normalized spacial score (nSPS) is 11.1. The number of imidazole rings is 1. The average Bonchev–Trinajstić information content (AvgIpc) is 2.86. The Kier molecular flexibility index (Phi) is 4.00. The van der Waals surface area contributed by atoms with Crippen LogP contribution in [0.15, 0.2) is 36.4 Å². The number of anilines is 1. The Balaban J connectivity index is 1.98. The molecule has 0 unspecified atom stereocenters. The zero-order valence-electron chi connectivity index (χ0n) is 12.7. The van der Waals surface area contributed by atoms with Crippen molar-refractivity contribution in [3.05, 3.63) is 58.1 Å². The summed E-state index contributed by atoms with van der Waals surface area (Å²) < 4.78 is 14.1. The van der Waals surface area contributed by atoms with Crippen LogP contribution in [-0.2, 0) is 0 Å². The number of rotatable bonds is 3. The fourth-order valence-corrected chi connectivity index (χ4v) is 2.67. The lowest BCUT2D eigenvalue weighted by Gasteiger charge is -2.10. The maximum Gasteiger partial charge on any atom is 0.257 e. The van der Waals surface area contributed by atoms with Gasteiger partial charge in [-0.2, -0.15) is 0 Å². The molecule has 4 nitrogen and oxygen atoms in total. The second-order valence-electron chi connectivity index (χ2n) is 5.69. The van der Waals surface area contributed by atoms with Gasteiger partial charge >= 0.3 is 0 Å². The number of nitrogens with one attached hydrogen (secondary N) is 3. The molecule has 0 saturated heterocycles. The number of fused-ring (bicyclic) bond motifs is 1. The molecule has 0 aliphatic rings. The molecule has 0 bridgehead atoms. The van der Waals surface area contributed by atoms with Crippen LogP contribution in [0.2, 0.25) is 0 Å². The Bertz CT molecular complexity index is 942. The van der Waals surface area contributed by atoms with E-state index in [4.69, 9.17) is 12.2 Å². The molecule has 0 aliphatic carbocycles. The van der Waals surface area contributed by atoms with Gasteiger partial charge in [0.15, 0.2) is 4.77 Å². The number of H-pyrrole nitrogens is 2. The lowest BCUT2D eigenvalue weighted by Crippen LogP contribution is -2.13. The topological polar surface area (TPSA) is 60.7 Å². The van der Waals surface area contributed by atoms with Gasteiger partial charge in [0.25, 0.3) is 5.91 Å². The Morgan fingerprint density at radius 1 is 1.22 bits per heavy atom. The number of carbonyl (C=O) groups is 1. The molecule has 0 aliphatic heterocycles. The number of halogens is 1. The maximum absolute atomic E-state index is 13.7. The molecule has 0 radical (unpaired) electrons. The molecule has 1 amide bonds. The number of aromatic nitrogens is 2. The first-order valence-corrected chi connectivity index (χ1v) is 7.67. The highest BCUT2D eigenvalue weighted by atomic mass is 32.1. The van der Waals surface area contributed by atoms with Gasteiger partial charge in [-0.05, 0) is 48.0 Å². The van der Waals surface area contributed by atoms with E-state index in [-0.39, 0.29) is 11.5 Å². The molecule has 118 valence electrons. The number of benzene rings is 2. The van der Waals surface area contributed by atoms with E-state index in [1.807, 2.05) is 18.2 Å². The van der Waals surface area contributed by atoms with Crippen LogP contribution in [0.1, 0.15) is 35.7 Å². The first-order valence-electron chi connectivity index (χ1n) is 7.27. The molecule has 0 fully saturated rings. The SMILES string of the molecule is CC(C)c1cccc(NC(=O)c2cc(F)cc3[nH]c(=S)[nH]c23)c1. The summed E-state index contributed by atoms with van der Waals surface area (Å²) in [7, 11) is 0. The summed E-state index contributed by atoms with van der Waals surface area (Å²) in [5.41, 5.74) is 2.97. The van der Waals surface area contributed by atoms with Gasteiger partial charge in [-0.25, -0.2) is 4.39 Å². The van der Waals surface area contributed by atoms with Gasteiger partial charge in [0, 0.05) is 5.69 Å². The van der Waals surface area contributed by atoms with E-state index in [2.05, 4.69) is 29.1 Å². The van der Waals surface area contributed by atoms with E-state index < -0.39 is 5.82 Å². The lowest BCUT2D eigenvalue weighted by molar-refractivity contribution is 0.102. The van der Waals surface area contributed by atoms with Gasteiger partial charge in [-0.1, -0.05) is 26.0 Å². The van der Waals surface area contributed by atoms with E-state index in [0.29, 0.717) is 27.4 Å². The second-order valence-corrected chi connectivity index (χ2v) is 6.10. The molecule has 1 heterocycles. The van der Waals surface area contributed by atoms with Crippen molar-refractivity contribution in [2.45, 2.75) is 19.8 Å². The standard InChI is InChI=1S/C17H16FN3OS/c1-9(2)10-4-3-5-12(6-10)19-16(22)13-7-11(18)8-14-15(13)21-17(23)20-14/h3-9H,1-2H3,(H,19,22)(H2,20,21,23). The molecule has 3 N–H and O–H groups in total. The van der Waals surface area contributed by atoms with E-state index in [1.54, 1.807) is 6.07 Å². The molecular formula is C17H16FN3OS. The first-order chi connectivity index (χ1) is 10.9. The summed E-state index contributed by atoms with van der Waals surface area (Å²) in [6, 6.07) is 10.1. The van der Waals surface area contributed by atoms with Gasteiger partial charge in [-0.15, -0.1) is 0 Å². The minimum Gasteiger partial charge on any atom is -0.331 e. The van der Waals surface area contributed by atoms with Crippen LogP contribution >= 0.6 is 12.2 Å². The third kappa shape index (κ3) is 3.17. The third-order valence-corrected chi connectivity index (χ3v) is 3.85. The Labute approximate surface area is 137 Å². The van der Waals surface area contributed by atoms with Crippen LogP contribution in [0.25, 0.3) is 11.0 Å². The van der Waals surface area contributed by atoms with Crippen LogP contribution in [-0.4, -0.2) is 15.9 Å². The zero-order chi connectivity index (χ0) is 16.6. The minimum atomic E-state index is -0.496. The largest absolute Gasteiger partial charge is 0.331 e. The number of hydrogen-bond donors (Lipinski definition) is 3. The Hall–Kier alpha value is -2.47. The van der Waals surface area contributed by atoms with Crippen molar-refractivity contribution in [1.82, 2.24) is 9.97 Å². The Morgan fingerprint density at radius 2 is 2.00 bits per heavy atom. The highest BCUT2D eigenvalue weighted by molar-refractivity contribution is 7.71. The third-order valence-electron chi connectivity index (χ3n) is 3.65.